The number of fused-ring (bicyclic) bond motifs is 1. The zero-order chi connectivity index (χ0) is 19.3. The van der Waals surface area contributed by atoms with Crippen LogP contribution in [0, 0.1) is 0 Å². The maximum absolute atomic E-state index is 12.3. The molecule has 0 aliphatic carbocycles. The smallest absolute Gasteiger partial charge is 0.223 e. The SMILES string of the molecule is O=C1CCCN1CCCNc1ccc2nnc(CCC(=O)N3CCCC3)n2n1. The van der Waals surface area contributed by atoms with Crippen LogP contribution in [0.4, 0.5) is 5.82 Å². The number of carbonyl (C=O) groups is 2. The van der Waals surface area contributed by atoms with E-state index in [1.54, 1.807) is 4.52 Å². The molecule has 0 unspecified atom stereocenters. The van der Waals surface area contributed by atoms with Crippen molar-refractivity contribution in [3.8, 4) is 0 Å². The number of rotatable bonds is 8. The Morgan fingerprint density at radius 3 is 2.75 bits per heavy atom. The number of amides is 2. The molecule has 1 N–H and O–H groups in total. The predicted molar refractivity (Wildman–Crippen MR) is 104 cm³/mol. The monoisotopic (exact) mass is 385 g/mol. The molecule has 9 heteroatoms. The third-order valence-corrected chi connectivity index (χ3v) is 5.43. The third-order valence-electron chi connectivity index (χ3n) is 5.43. The van der Waals surface area contributed by atoms with E-state index < -0.39 is 0 Å². The van der Waals surface area contributed by atoms with Gasteiger partial charge in [-0.15, -0.1) is 15.3 Å². The Balaban J connectivity index is 1.30. The van der Waals surface area contributed by atoms with Gasteiger partial charge in [-0.3, -0.25) is 9.59 Å². The van der Waals surface area contributed by atoms with E-state index in [1.165, 1.54) is 0 Å². The molecule has 0 aromatic carbocycles. The Morgan fingerprint density at radius 2 is 1.96 bits per heavy atom. The van der Waals surface area contributed by atoms with Crippen LogP contribution in [0.15, 0.2) is 12.1 Å². The number of nitrogens with one attached hydrogen (secondary N) is 1. The van der Waals surface area contributed by atoms with E-state index in [-0.39, 0.29) is 11.8 Å². The highest BCUT2D eigenvalue weighted by Gasteiger charge is 2.20. The van der Waals surface area contributed by atoms with E-state index in [0.717, 1.165) is 64.2 Å². The molecular formula is C19H27N7O2. The first-order chi connectivity index (χ1) is 13.7. The molecule has 2 aliphatic heterocycles. The second-order valence-electron chi connectivity index (χ2n) is 7.46. The van der Waals surface area contributed by atoms with Crippen LogP contribution in [0.25, 0.3) is 5.65 Å². The van der Waals surface area contributed by atoms with E-state index in [9.17, 15) is 9.59 Å². The lowest BCUT2D eigenvalue weighted by molar-refractivity contribution is -0.130. The van der Waals surface area contributed by atoms with Gasteiger partial charge in [-0.25, -0.2) is 0 Å². The van der Waals surface area contributed by atoms with Gasteiger partial charge in [0.05, 0.1) is 0 Å². The average Bonchev–Trinajstić information content (AvgIpc) is 3.45. The van der Waals surface area contributed by atoms with Crippen LogP contribution in [0.3, 0.4) is 0 Å². The van der Waals surface area contributed by atoms with Crippen molar-refractivity contribution < 1.29 is 9.59 Å². The fourth-order valence-electron chi connectivity index (χ4n) is 3.85. The summed E-state index contributed by atoms with van der Waals surface area (Å²) >= 11 is 0. The van der Waals surface area contributed by atoms with Crippen LogP contribution in [0.1, 0.15) is 44.3 Å². The molecule has 2 saturated heterocycles. The molecule has 0 spiro atoms. The number of aryl methyl sites for hydroxylation is 1. The van der Waals surface area contributed by atoms with E-state index in [4.69, 9.17) is 0 Å². The van der Waals surface area contributed by atoms with Crippen molar-refractivity contribution in [2.24, 2.45) is 0 Å². The molecular weight excluding hydrogens is 358 g/mol. The minimum atomic E-state index is 0.181. The van der Waals surface area contributed by atoms with Crippen molar-refractivity contribution in [3.05, 3.63) is 18.0 Å². The lowest BCUT2D eigenvalue weighted by atomic mass is 10.2. The molecule has 0 atom stereocenters. The summed E-state index contributed by atoms with van der Waals surface area (Å²) in [5.74, 6) is 1.89. The number of anilines is 1. The van der Waals surface area contributed by atoms with Gasteiger partial charge in [0.2, 0.25) is 11.8 Å². The van der Waals surface area contributed by atoms with E-state index in [0.29, 0.717) is 30.7 Å². The van der Waals surface area contributed by atoms with Gasteiger partial charge in [0.1, 0.15) is 5.82 Å². The average molecular weight is 385 g/mol. The first-order valence-corrected chi connectivity index (χ1v) is 10.2. The highest BCUT2D eigenvalue weighted by Crippen LogP contribution is 2.13. The van der Waals surface area contributed by atoms with Gasteiger partial charge in [0.25, 0.3) is 0 Å². The predicted octanol–water partition coefficient (Wildman–Crippen LogP) is 1.10. The van der Waals surface area contributed by atoms with Crippen molar-refractivity contribution in [2.45, 2.75) is 44.9 Å². The Kier molecular flexibility index (Phi) is 5.68. The zero-order valence-electron chi connectivity index (χ0n) is 16.1. The molecule has 2 aliphatic rings. The van der Waals surface area contributed by atoms with Crippen molar-refractivity contribution in [1.82, 2.24) is 29.6 Å². The fourth-order valence-corrected chi connectivity index (χ4v) is 3.85. The Morgan fingerprint density at radius 1 is 1.11 bits per heavy atom. The van der Waals surface area contributed by atoms with Crippen LogP contribution < -0.4 is 5.32 Å². The minimum absolute atomic E-state index is 0.181. The Hall–Kier alpha value is -2.71. The summed E-state index contributed by atoms with van der Waals surface area (Å²) in [4.78, 5) is 27.7. The molecule has 0 bridgehead atoms. The zero-order valence-corrected chi connectivity index (χ0v) is 16.1. The van der Waals surface area contributed by atoms with Crippen molar-refractivity contribution >= 4 is 23.3 Å². The lowest BCUT2D eigenvalue weighted by Crippen LogP contribution is -2.28. The maximum atomic E-state index is 12.3. The van der Waals surface area contributed by atoms with Crippen molar-refractivity contribution in [2.75, 3.05) is 38.0 Å². The number of likely N-dealkylation sites (tertiary alicyclic amines) is 2. The van der Waals surface area contributed by atoms with Gasteiger partial charge < -0.3 is 15.1 Å². The topological polar surface area (TPSA) is 95.7 Å². The van der Waals surface area contributed by atoms with Crippen LogP contribution in [0.5, 0.6) is 0 Å². The standard InChI is InChI=1S/C19H27N7O2/c27-18-5-3-13-25(18)14-4-10-20-15-6-7-16-21-22-17(26(16)23-15)8-9-19(28)24-11-1-2-12-24/h6-7H,1-5,8-14H2,(H,20,23). The molecule has 2 fully saturated rings. The van der Waals surface area contributed by atoms with Gasteiger partial charge in [0.15, 0.2) is 11.5 Å². The molecule has 2 aromatic heterocycles. The number of carbonyl (C=O) groups excluding carboxylic acids is 2. The first kappa shape index (κ1) is 18.6. The molecule has 150 valence electrons. The molecule has 4 rings (SSSR count). The third kappa shape index (κ3) is 4.23. The van der Waals surface area contributed by atoms with Crippen LogP contribution in [-0.4, -0.2) is 74.1 Å². The summed E-state index contributed by atoms with van der Waals surface area (Å²) in [5, 5.41) is 16.2. The van der Waals surface area contributed by atoms with Gasteiger partial charge in [-0.1, -0.05) is 0 Å². The first-order valence-electron chi connectivity index (χ1n) is 10.2. The summed E-state index contributed by atoms with van der Waals surface area (Å²) < 4.78 is 1.71. The molecule has 9 nitrogen and oxygen atoms in total. The van der Waals surface area contributed by atoms with Crippen LogP contribution in [-0.2, 0) is 16.0 Å². The molecule has 4 heterocycles. The van der Waals surface area contributed by atoms with Crippen LogP contribution in [0.2, 0.25) is 0 Å². The molecule has 28 heavy (non-hydrogen) atoms. The quantitative estimate of drug-likeness (QED) is 0.684. The van der Waals surface area contributed by atoms with E-state index in [1.807, 2.05) is 21.9 Å². The lowest BCUT2D eigenvalue weighted by Gasteiger charge is -2.15. The highest BCUT2D eigenvalue weighted by atomic mass is 16.2. The maximum Gasteiger partial charge on any atom is 0.223 e. The minimum Gasteiger partial charge on any atom is -0.369 e. The second-order valence-corrected chi connectivity index (χ2v) is 7.46. The van der Waals surface area contributed by atoms with Gasteiger partial charge >= 0.3 is 0 Å². The Bertz CT molecular complexity index is 844. The number of hydrogen-bond acceptors (Lipinski definition) is 6. The molecule has 2 aromatic rings. The summed E-state index contributed by atoms with van der Waals surface area (Å²) in [5.41, 5.74) is 0.678. The highest BCUT2D eigenvalue weighted by molar-refractivity contribution is 5.78. The molecule has 0 saturated carbocycles. The van der Waals surface area contributed by atoms with E-state index >= 15 is 0 Å². The van der Waals surface area contributed by atoms with Crippen molar-refractivity contribution in [3.63, 3.8) is 0 Å². The number of hydrogen-bond donors (Lipinski definition) is 1. The second kappa shape index (κ2) is 8.53. The fraction of sp³-hybridized carbons (Fsp3) is 0.632. The summed E-state index contributed by atoms with van der Waals surface area (Å²) in [6, 6.07) is 3.75. The molecule has 0 radical (unpaired) electrons. The Labute approximate surface area is 164 Å². The summed E-state index contributed by atoms with van der Waals surface area (Å²) in [7, 11) is 0. The van der Waals surface area contributed by atoms with Gasteiger partial charge in [0, 0.05) is 52.0 Å². The van der Waals surface area contributed by atoms with Crippen molar-refractivity contribution in [1.29, 1.82) is 0 Å². The number of aromatic nitrogens is 4. The normalized spacial score (nSPS) is 17.1. The molecule has 2 amide bonds. The summed E-state index contributed by atoms with van der Waals surface area (Å²) in [6.07, 6.45) is 5.70. The van der Waals surface area contributed by atoms with Gasteiger partial charge in [-0.2, -0.15) is 4.52 Å². The van der Waals surface area contributed by atoms with E-state index in [2.05, 4.69) is 20.6 Å². The largest absolute Gasteiger partial charge is 0.369 e. The number of nitrogens with zero attached hydrogens (tertiary/aromatic N) is 6. The van der Waals surface area contributed by atoms with Crippen LogP contribution >= 0.6 is 0 Å². The summed E-state index contributed by atoms with van der Waals surface area (Å²) in [6.45, 7) is 4.14. The van der Waals surface area contributed by atoms with Gasteiger partial charge in [-0.05, 0) is 37.8 Å².